The lowest BCUT2D eigenvalue weighted by atomic mass is 9.96. The summed E-state index contributed by atoms with van der Waals surface area (Å²) in [6.07, 6.45) is -0.716. The molecular formula is C16H17N3O6. The highest BCUT2D eigenvalue weighted by Crippen LogP contribution is 2.32. The van der Waals surface area contributed by atoms with Gasteiger partial charge in [-0.3, -0.25) is 0 Å². The second-order valence-corrected chi connectivity index (χ2v) is 5.71. The molecule has 0 bridgehead atoms. The maximum absolute atomic E-state index is 12.8. The number of benzene rings is 1. The van der Waals surface area contributed by atoms with Gasteiger partial charge >= 0.3 is 23.3 Å². The predicted octanol–water partition coefficient (Wildman–Crippen LogP) is -0.0789. The van der Waals surface area contributed by atoms with E-state index in [-0.39, 0.29) is 13.0 Å². The van der Waals surface area contributed by atoms with Crippen molar-refractivity contribution in [3.8, 4) is 5.69 Å². The van der Waals surface area contributed by atoms with Gasteiger partial charge in [-0.05, 0) is 26.0 Å². The maximum atomic E-state index is 12.8. The summed E-state index contributed by atoms with van der Waals surface area (Å²) < 4.78 is 11.6. The molecule has 1 aromatic carbocycles. The quantitative estimate of drug-likeness (QED) is 0.611. The predicted molar refractivity (Wildman–Crippen MR) is 85.4 cm³/mol. The van der Waals surface area contributed by atoms with Crippen molar-refractivity contribution in [3.05, 3.63) is 51.3 Å². The number of H-pyrrole nitrogens is 1. The molecule has 0 aliphatic carbocycles. The van der Waals surface area contributed by atoms with Gasteiger partial charge in [0.25, 0.3) is 5.54 Å². The normalized spacial score (nSPS) is 22.6. The summed E-state index contributed by atoms with van der Waals surface area (Å²) in [6, 6.07) is 8.17. The van der Waals surface area contributed by atoms with E-state index in [4.69, 9.17) is 9.47 Å². The molecule has 9 heteroatoms. The Balaban J connectivity index is 2.23. The van der Waals surface area contributed by atoms with Crippen LogP contribution in [0.5, 0.6) is 0 Å². The van der Waals surface area contributed by atoms with Crippen molar-refractivity contribution in [2.75, 3.05) is 6.61 Å². The Kier molecular flexibility index (Phi) is 4.07. The van der Waals surface area contributed by atoms with Gasteiger partial charge in [0.2, 0.25) is 0 Å². The molecule has 9 nitrogen and oxygen atoms in total. The highest BCUT2D eigenvalue weighted by atomic mass is 16.6. The summed E-state index contributed by atoms with van der Waals surface area (Å²) in [5, 5.41) is 2.29. The van der Waals surface area contributed by atoms with Crippen LogP contribution >= 0.6 is 0 Å². The Morgan fingerprint density at radius 3 is 2.56 bits per heavy atom. The van der Waals surface area contributed by atoms with E-state index >= 15 is 0 Å². The fourth-order valence-electron chi connectivity index (χ4n) is 2.96. The molecule has 1 saturated heterocycles. The number of nitrogens with one attached hydrogen (secondary N) is 1. The number of hydrogen-bond donors (Lipinski definition) is 1. The molecule has 0 unspecified atom stereocenters. The van der Waals surface area contributed by atoms with Crippen LogP contribution in [0.1, 0.15) is 20.3 Å². The van der Waals surface area contributed by atoms with Crippen LogP contribution in [0.4, 0.5) is 0 Å². The topological polar surface area (TPSA) is 112 Å². The summed E-state index contributed by atoms with van der Waals surface area (Å²) in [5.41, 5.74) is -3.35. The van der Waals surface area contributed by atoms with E-state index in [2.05, 4.69) is 5.10 Å². The minimum Gasteiger partial charge on any atom is -0.464 e. The molecule has 0 saturated carbocycles. The lowest BCUT2D eigenvalue weighted by Gasteiger charge is -2.22. The lowest BCUT2D eigenvalue weighted by molar-refractivity contribution is -0.164. The molecule has 1 aliphatic heterocycles. The number of rotatable bonds is 4. The molecule has 132 valence electrons. The van der Waals surface area contributed by atoms with Crippen molar-refractivity contribution in [1.82, 2.24) is 14.3 Å². The van der Waals surface area contributed by atoms with Crippen molar-refractivity contribution in [3.63, 3.8) is 0 Å². The second kappa shape index (κ2) is 6.08. The van der Waals surface area contributed by atoms with Gasteiger partial charge in [0.15, 0.2) is 0 Å². The van der Waals surface area contributed by atoms with Gasteiger partial charge in [0.1, 0.15) is 6.10 Å². The van der Waals surface area contributed by atoms with Gasteiger partial charge in [-0.25, -0.2) is 33.5 Å². The van der Waals surface area contributed by atoms with Gasteiger partial charge in [-0.15, -0.1) is 0 Å². The summed E-state index contributed by atoms with van der Waals surface area (Å²) in [4.78, 5) is 50.1. The van der Waals surface area contributed by atoms with E-state index in [0.29, 0.717) is 10.4 Å². The van der Waals surface area contributed by atoms with Crippen LogP contribution in [-0.2, 0) is 24.6 Å². The molecule has 3 rings (SSSR count). The van der Waals surface area contributed by atoms with Gasteiger partial charge in [0, 0.05) is 6.42 Å². The zero-order chi connectivity index (χ0) is 18.2. The van der Waals surface area contributed by atoms with Crippen LogP contribution in [0.25, 0.3) is 5.69 Å². The first-order valence-corrected chi connectivity index (χ1v) is 7.80. The zero-order valence-corrected chi connectivity index (χ0v) is 13.7. The van der Waals surface area contributed by atoms with Crippen molar-refractivity contribution >= 4 is 11.9 Å². The number of cyclic esters (lactones) is 1. The van der Waals surface area contributed by atoms with E-state index < -0.39 is 35.0 Å². The second-order valence-electron chi connectivity index (χ2n) is 5.71. The Morgan fingerprint density at radius 2 is 2.00 bits per heavy atom. The molecule has 1 N–H and O–H groups in total. The average Bonchev–Trinajstić information content (AvgIpc) is 3.04. The van der Waals surface area contributed by atoms with Gasteiger partial charge < -0.3 is 9.47 Å². The monoisotopic (exact) mass is 347 g/mol. The zero-order valence-electron chi connectivity index (χ0n) is 13.7. The molecule has 2 heterocycles. The SMILES string of the molecule is CCOC(=O)[C@@]1(n2[nH]c(=O)n(-c3ccccc3)c2=O)C[C@H](C)OC1=O. The third kappa shape index (κ3) is 2.48. The smallest absolute Gasteiger partial charge is 0.353 e. The molecule has 25 heavy (non-hydrogen) atoms. The number of aromatic nitrogens is 3. The van der Waals surface area contributed by atoms with Crippen molar-refractivity contribution in [1.29, 1.82) is 0 Å². The van der Waals surface area contributed by atoms with Crippen LogP contribution in [-0.4, -0.2) is 39.0 Å². The summed E-state index contributed by atoms with van der Waals surface area (Å²) >= 11 is 0. The van der Waals surface area contributed by atoms with E-state index in [0.717, 1.165) is 4.57 Å². The number of nitrogens with zero attached hydrogens (tertiary/aromatic N) is 2. The fourth-order valence-corrected chi connectivity index (χ4v) is 2.96. The van der Waals surface area contributed by atoms with Crippen molar-refractivity contribution in [2.24, 2.45) is 0 Å². The van der Waals surface area contributed by atoms with Crippen molar-refractivity contribution in [2.45, 2.75) is 31.9 Å². The molecule has 1 aromatic heterocycles. The van der Waals surface area contributed by atoms with E-state index in [1.165, 1.54) is 0 Å². The number of aromatic amines is 1. The van der Waals surface area contributed by atoms with Crippen LogP contribution in [0.2, 0.25) is 0 Å². The minimum absolute atomic E-state index is 0.0145. The highest BCUT2D eigenvalue weighted by Gasteiger charge is 2.59. The highest BCUT2D eigenvalue weighted by molar-refractivity contribution is 6.03. The molecule has 2 atom stereocenters. The van der Waals surface area contributed by atoms with Gasteiger partial charge in [-0.2, -0.15) is 0 Å². The van der Waals surface area contributed by atoms with E-state index in [9.17, 15) is 19.2 Å². The number of carbonyl (C=O) groups is 2. The summed E-state index contributed by atoms with van der Waals surface area (Å²) in [6.45, 7) is 3.19. The molecule has 0 spiro atoms. The van der Waals surface area contributed by atoms with Gasteiger partial charge in [-0.1, -0.05) is 18.2 Å². The van der Waals surface area contributed by atoms with Crippen LogP contribution in [0.3, 0.4) is 0 Å². The standard InChI is InChI=1S/C16H17N3O6/c1-3-24-12(20)16(9-10(2)25-13(16)21)19-15(23)18(14(22)17-19)11-7-5-4-6-8-11/h4-8,10H,3,9H2,1-2H3,(H,17,22)/t10-,16-/m0/s1. The molecule has 1 aliphatic rings. The fraction of sp³-hybridized carbons (Fsp3) is 0.375. The first kappa shape index (κ1) is 16.7. The van der Waals surface area contributed by atoms with E-state index in [1.807, 2.05) is 0 Å². The number of esters is 2. The maximum Gasteiger partial charge on any atom is 0.353 e. The average molecular weight is 347 g/mol. The number of hydrogen-bond acceptors (Lipinski definition) is 6. The summed E-state index contributed by atoms with van der Waals surface area (Å²) in [5.74, 6) is -1.87. The molecule has 0 amide bonds. The number of para-hydroxylation sites is 1. The third-order valence-electron chi connectivity index (χ3n) is 4.03. The van der Waals surface area contributed by atoms with Crippen LogP contribution < -0.4 is 11.4 Å². The van der Waals surface area contributed by atoms with Crippen LogP contribution in [0.15, 0.2) is 39.9 Å². The largest absolute Gasteiger partial charge is 0.464 e. The molecular weight excluding hydrogens is 330 g/mol. The Bertz CT molecular complexity index is 925. The lowest BCUT2D eigenvalue weighted by Crippen LogP contribution is -2.52. The first-order chi connectivity index (χ1) is 11.9. The molecule has 0 radical (unpaired) electrons. The number of carbonyl (C=O) groups excluding carboxylic acids is 2. The van der Waals surface area contributed by atoms with Crippen molar-refractivity contribution < 1.29 is 19.1 Å². The number of ether oxygens (including phenoxy) is 2. The minimum atomic E-state index is -2.04. The Hall–Kier alpha value is -3.10. The molecule has 2 aromatic rings. The summed E-state index contributed by atoms with van der Waals surface area (Å²) in [7, 11) is 0. The third-order valence-corrected chi connectivity index (χ3v) is 4.03. The first-order valence-electron chi connectivity index (χ1n) is 7.80. The molecule has 1 fully saturated rings. The Morgan fingerprint density at radius 1 is 1.32 bits per heavy atom. The Labute approximate surface area is 141 Å². The van der Waals surface area contributed by atoms with Crippen LogP contribution in [0, 0.1) is 0 Å². The van der Waals surface area contributed by atoms with E-state index in [1.54, 1.807) is 44.2 Å². The van der Waals surface area contributed by atoms with Gasteiger partial charge in [0.05, 0.1) is 12.3 Å².